The van der Waals surface area contributed by atoms with Gasteiger partial charge in [-0.05, 0) is 25.7 Å². The highest BCUT2D eigenvalue weighted by molar-refractivity contribution is 4.87. The first-order chi connectivity index (χ1) is 7.49. The molecule has 92 valence electrons. The third-order valence-corrected chi connectivity index (χ3v) is 2.61. The molecule has 1 aromatic rings. The number of nitrogens with zero attached hydrogens (tertiary/aromatic N) is 1. The van der Waals surface area contributed by atoms with Crippen LogP contribution >= 0.6 is 0 Å². The van der Waals surface area contributed by atoms with Crippen molar-refractivity contribution in [2.75, 3.05) is 6.54 Å². The molecule has 0 bridgehead atoms. The Morgan fingerprint density at radius 1 is 1.56 bits per heavy atom. The van der Waals surface area contributed by atoms with Crippen molar-refractivity contribution in [3.63, 3.8) is 0 Å². The Kier molecular flexibility index (Phi) is 4.96. The predicted octanol–water partition coefficient (Wildman–Crippen LogP) is 1.69. The summed E-state index contributed by atoms with van der Waals surface area (Å²) in [5.74, 6) is 1.54. The monoisotopic (exact) mass is 225 g/mol. The number of imidazole rings is 1. The van der Waals surface area contributed by atoms with E-state index < -0.39 is 5.60 Å². The summed E-state index contributed by atoms with van der Waals surface area (Å²) in [5, 5.41) is 13.3. The number of H-pyrrole nitrogens is 1. The van der Waals surface area contributed by atoms with E-state index in [1.54, 1.807) is 12.4 Å². The van der Waals surface area contributed by atoms with Gasteiger partial charge in [-0.25, -0.2) is 4.98 Å². The molecule has 1 rings (SSSR count). The molecule has 0 radical (unpaired) electrons. The molecule has 3 N–H and O–H groups in total. The molecule has 0 saturated carbocycles. The largest absolute Gasteiger partial charge is 0.389 e. The highest BCUT2D eigenvalue weighted by Gasteiger charge is 2.19. The van der Waals surface area contributed by atoms with Gasteiger partial charge < -0.3 is 15.4 Å². The molecule has 4 nitrogen and oxygen atoms in total. The average molecular weight is 225 g/mol. The third-order valence-electron chi connectivity index (χ3n) is 2.61. The summed E-state index contributed by atoms with van der Waals surface area (Å²) in [6, 6.07) is 0. The Bertz CT molecular complexity index is 280. The number of aromatic nitrogens is 2. The van der Waals surface area contributed by atoms with E-state index in [1.165, 1.54) is 0 Å². The van der Waals surface area contributed by atoms with E-state index in [-0.39, 0.29) is 0 Å². The van der Waals surface area contributed by atoms with Gasteiger partial charge in [0.1, 0.15) is 5.82 Å². The lowest BCUT2D eigenvalue weighted by Gasteiger charge is -2.24. The van der Waals surface area contributed by atoms with E-state index in [1.807, 2.05) is 6.92 Å². The van der Waals surface area contributed by atoms with E-state index in [4.69, 9.17) is 0 Å². The maximum Gasteiger partial charge on any atom is 0.120 e. The van der Waals surface area contributed by atoms with Crippen LogP contribution in [0.15, 0.2) is 12.4 Å². The average Bonchev–Trinajstić information content (AvgIpc) is 2.68. The Morgan fingerprint density at radius 2 is 2.31 bits per heavy atom. The van der Waals surface area contributed by atoms with Crippen LogP contribution in [0.3, 0.4) is 0 Å². The molecule has 0 spiro atoms. The summed E-state index contributed by atoms with van der Waals surface area (Å²) in [6.45, 7) is 7.49. The molecule has 0 amide bonds. The van der Waals surface area contributed by atoms with Crippen molar-refractivity contribution in [2.45, 2.75) is 45.8 Å². The van der Waals surface area contributed by atoms with Gasteiger partial charge in [-0.15, -0.1) is 0 Å². The van der Waals surface area contributed by atoms with Crippen molar-refractivity contribution in [2.24, 2.45) is 5.92 Å². The first kappa shape index (κ1) is 13.2. The Balaban J connectivity index is 2.20. The molecule has 1 heterocycles. The van der Waals surface area contributed by atoms with Crippen LogP contribution in [-0.2, 0) is 6.54 Å². The topological polar surface area (TPSA) is 60.9 Å². The quantitative estimate of drug-likeness (QED) is 0.661. The van der Waals surface area contributed by atoms with Gasteiger partial charge in [-0.3, -0.25) is 0 Å². The van der Waals surface area contributed by atoms with Crippen LogP contribution < -0.4 is 5.32 Å². The van der Waals surface area contributed by atoms with Crippen molar-refractivity contribution in [1.82, 2.24) is 15.3 Å². The molecule has 0 aliphatic heterocycles. The zero-order chi connectivity index (χ0) is 12.0. The smallest absolute Gasteiger partial charge is 0.120 e. The van der Waals surface area contributed by atoms with Crippen molar-refractivity contribution < 1.29 is 5.11 Å². The first-order valence-electron chi connectivity index (χ1n) is 5.91. The molecule has 1 unspecified atom stereocenters. The van der Waals surface area contributed by atoms with Gasteiger partial charge in [0.2, 0.25) is 0 Å². The fraction of sp³-hybridized carbons (Fsp3) is 0.750. The van der Waals surface area contributed by atoms with Gasteiger partial charge in [0, 0.05) is 18.9 Å². The molecule has 1 atom stereocenters. The number of hydrogen-bond acceptors (Lipinski definition) is 3. The van der Waals surface area contributed by atoms with Crippen LogP contribution in [0.25, 0.3) is 0 Å². The van der Waals surface area contributed by atoms with Crippen LogP contribution in [-0.4, -0.2) is 27.2 Å². The zero-order valence-corrected chi connectivity index (χ0v) is 10.5. The SMILES string of the molecule is CC(C)CCC(C)(O)CNCc1ncc[nH]1. The highest BCUT2D eigenvalue weighted by atomic mass is 16.3. The van der Waals surface area contributed by atoms with E-state index in [2.05, 4.69) is 29.1 Å². The normalized spacial score (nSPS) is 15.3. The summed E-state index contributed by atoms with van der Waals surface area (Å²) >= 11 is 0. The van der Waals surface area contributed by atoms with Crippen LogP contribution in [0.2, 0.25) is 0 Å². The molecule has 0 aromatic carbocycles. The predicted molar refractivity (Wildman–Crippen MR) is 65.0 cm³/mol. The Labute approximate surface area is 97.5 Å². The number of hydrogen-bond donors (Lipinski definition) is 3. The van der Waals surface area contributed by atoms with Gasteiger partial charge in [0.05, 0.1) is 12.1 Å². The van der Waals surface area contributed by atoms with Crippen molar-refractivity contribution >= 4 is 0 Å². The summed E-state index contributed by atoms with van der Waals surface area (Å²) in [4.78, 5) is 7.13. The molecule has 0 aliphatic rings. The fourth-order valence-electron chi connectivity index (χ4n) is 1.53. The van der Waals surface area contributed by atoms with Gasteiger partial charge in [-0.1, -0.05) is 13.8 Å². The van der Waals surface area contributed by atoms with Crippen LogP contribution in [0, 0.1) is 5.92 Å². The number of aliphatic hydroxyl groups is 1. The van der Waals surface area contributed by atoms with Gasteiger partial charge >= 0.3 is 0 Å². The lowest BCUT2D eigenvalue weighted by atomic mass is 9.95. The van der Waals surface area contributed by atoms with Crippen LogP contribution in [0.5, 0.6) is 0 Å². The fourth-order valence-corrected chi connectivity index (χ4v) is 1.53. The zero-order valence-electron chi connectivity index (χ0n) is 10.5. The van der Waals surface area contributed by atoms with E-state index in [0.29, 0.717) is 19.0 Å². The lowest BCUT2D eigenvalue weighted by molar-refractivity contribution is 0.0449. The maximum atomic E-state index is 10.1. The van der Waals surface area contributed by atoms with Crippen LogP contribution in [0.4, 0.5) is 0 Å². The summed E-state index contributed by atoms with van der Waals surface area (Å²) in [5.41, 5.74) is -0.628. The van der Waals surface area contributed by atoms with E-state index >= 15 is 0 Å². The maximum absolute atomic E-state index is 10.1. The number of nitrogens with one attached hydrogen (secondary N) is 2. The third kappa shape index (κ3) is 5.28. The Hall–Kier alpha value is -0.870. The molecule has 16 heavy (non-hydrogen) atoms. The molecular formula is C12H23N3O. The minimum Gasteiger partial charge on any atom is -0.389 e. The van der Waals surface area contributed by atoms with E-state index in [0.717, 1.165) is 18.7 Å². The second-order valence-corrected chi connectivity index (χ2v) is 5.07. The minimum absolute atomic E-state index is 0.598. The standard InChI is InChI=1S/C12H23N3O/c1-10(2)4-5-12(3,16)9-13-8-11-14-6-7-15-11/h6-7,10,13,16H,4-5,8-9H2,1-3H3,(H,14,15). The van der Waals surface area contributed by atoms with Gasteiger partial charge in [0.25, 0.3) is 0 Å². The van der Waals surface area contributed by atoms with Crippen molar-refractivity contribution in [1.29, 1.82) is 0 Å². The Morgan fingerprint density at radius 3 is 2.88 bits per heavy atom. The van der Waals surface area contributed by atoms with Crippen molar-refractivity contribution in [3.05, 3.63) is 18.2 Å². The second kappa shape index (κ2) is 6.01. The summed E-state index contributed by atoms with van der Waals surface area (Å²) < 4.78 is 0. The minimum atomic E-state index is -0.628. The molecule has 1 aromatic heterocycles. The summed E-state index contributed by atoms with van der Waals surface area (Å²) in [7, 11) is 0. The first-order valence-corrected chi connectivity index (χ1v) is 5.91. The molecule has 0 fully saturated rings. The molecule has 0 saturated heterocycles. The molecule has 4 heteroatoms. The van der Waals surface area contributed by atoms with Crippen LogP contribution in [0.1, 0.15) is 39.4 Å². The molecular weight excluding hydrogens is 202 g/mol. The lowest BCUT2D eigenvalue weighted by Crippen LogP contribution is -2.37. The second-order valence-electron chi connectivity index (χ2n) is 5.07. The van der Waals surface area contributed by atoms with Crippen molar-refractivity contribution in [3.8, 4) is 0 Å². The summed E-state index contributed by atoms with van der Waals surface area (Å²) in [6.07, 6.45) is 5.41. The van der Waals surface area contributed by atoms with Gasteiger partial charge in [0.15, 0.2) is 0 Å². The number of aromatic amines is 1. The molecule has 0 aliphatic carbocycles. The van der Waals surface area contributed by atoms with Gasteiger partial charge in [-0.2, -0.15) is 0 Å². The number of rotatable bonds is 7. The van der Waals surface area contributed by atoms with E-state index in [9.17, 15) is 5.11 Å². The highest BCUT2D eigenvalue weighted by Crippen LogP contribution is 2.15.